The van der Waals surface area contributed by atoms with Crippen molar-refractivity contribution in [1.29, 1.82) is 0 Å². The van der Waals surface area contributed by atoms with E-state index in [1.807, 2.05) is 10.9 Å². The molecule has 0 aliphatic rings. The number of hydrogen-bond acceptors (Lipinski definition) is 3. The Morgan fingerprint density at radius 1 is 1.07 bits per heavy atom. The van der Waals surface area contributed by atoms with E-state index in [4.69, 9.17) is 16.3 Å². The van der Waals surface area contributed by atoms with Gasteiger partial charge in [-0.25, -0.2) is 4.39 Å². The predicted octanol–water partition coefficient (Wildman–Crippen LogP) is 3.74. The zero-order valence-electron chi connectivity index (χ0n) is 14.0. The van der Waals surface area contributed by atoms with E-state index in [-0.39, 0.29) is 16.3 Å². The summed E-state index contributed by atoms with van der Waals surface area (Å²) in [6, 6.07) is 7.63. The fourth-order valence-corrected chi connectivity index (χ4v) is 2.08. The average molecular weight is 417 g/mol. The van der Waals surface area contributed by atoms with Crippen molar-refractivity contribution in [3.63, 3.8) is 0 Å². The van der Waals surface area contributed by atoms with Crippen LogP contribution >= 0.6 is 11.6 Å². The number of rotatable bonds is 5. The molecule has 0 bridgehead atoms. The Bertz CT molecular complexity index is 883. The van der Waals surface area contributed by atoms with Crippen molar-refractivity contribution < 1.29 is 31.9 Å². The van der Waals surface area contributed by atoms with Crippen LogP contribution in [-0.2, 0) is 15.8 Å². The second kappa shape index (κ2) is 9.23. The Morgan fingerprint density at radius 2 is 1.75 bits per heavy atom. The Balaban J connectivity index is 1.85. The molecule has 0 spiro atoms. The van der Waals surface area contributed by atoms with Gasteiger partial charge in [-0.2, -0.15) is 13.2 Å². The van der Waals surface area contributed by atoms with Crippen LogP contribution in [0.1, 0.15) is 11.1 Å². The standard InChI is InChI=1S/C18H13ClF4N2O3/c19-15-7-2-12(18(21,22)23)9-11(15)1-8-16(26)24-25-17(27)10-28-14-5-3-13(20)4-6-14/h1-9H,10H2,(H,24,26)(H,25,27)/b8-1+. The van der Waals surface area contributed by atoms with E-state index in [0.717, 1.165) is 42.5 Å². The fourth-order valence-electron chi connectivity index (χ4n) is 1.90. The molecule has 0 aliphatic carbocycles. The summed E-state index contributed by atoms with van der Waals surface area (Å²) in [5.41, 5.74) is 3.15. The van der Waals surface area contributed by atoms with Gasteiger partial charge in [-0.3, -0.25) is 20.4 Å². The largest absolute Gasteiger partial charge is 0.484 e. The highest BCUT2D eigenvalue weighted by atomic mass is 35.5. The van der Waals surface area contributed by atoms with E-state index in [1.54, 1.807) is 0 Å². The Morgan fingerprint density at radius 3 is 2.39 bits per heavy atom. The second-order valence-electron chi connectivity index (χ2n) is 5.35. The van der Waals surface area contributed by atoms with Crippen molar-refractivity contribution in [2.75, 3.05) is 6.61 Å². The van der Waals surface area contributed by atoms with Crippen molar-refractivity contribution in [1.82, 2.24) is 10.9 Å². The maximum atomic E-state index is 12.7. The Hall–Kier alpha value is -3.07. The first-order chi connectivity index (χ1) is 13.1. The third-order valence-corrected chi connectivity index (χ3v) is 3.59. The lowest BCUT2D eigenvalue weighted by Crippen LogP contribution is -2.43. The van der Waals surface area contributed by atoms with Gasteiger partial charge < -0.3 is 4.74 Å². The van der Waals surface area contributed by atoms with Crippen LogP contribution in [0.4, 0.5) is 17.6 Å². The average Bonchev–Trinajstić information content (AvgIpc) is 2.64. The van der Waals surface area contributed by atoms with E-state index in [1.165, 1.54) is 12.1 Å². The van der Waals surface area contributed by atoms with Crippen molar-refractivity contribution >= 4 is 29.5 Å². The molecule has 0 aliphatic heterocycles. The molecule has 148 valence electrons. The summed E-state index contributed by atoms with van der Waals surface area (Å²) in [5, 5.41) is 0.0220. The van der Waals surface area contributed by atoms with E-state index in [2.05, 4.69) is 0 Å². The zero-order chi connectivity index (χ0) is 20.7. The molecule has 10 heteroatoms. The third kappa shape index (κ3) is 6.58. The lowest BCUT2D eigenvalue weighted by molar-refractivity contribution is -0.137. The van der Waals surface area contributed by atoms with Gasteiger partial charge in [-0.1, -0.05) is 11.6 Å². The predicted molar refractivity (Wildman–Crippen MR) is 93.7 cm³/mol. The second-order valence-corrected chi connectivity index (χ2v) is 5.75. The van der Waals surface area contributed by atoms with E-state index >= 15 is 0 Å². The molecule has 0 heterocycles. The molecule has 28 heavy (non-hydrogen) atoms. The monoisotopic (exact) mass is 416 g/mol. The number of carbonyl (C=O) groups is 2. The van der Waals surface area contributed by atoms with E-state index in [0.29, 0.717) is 0 Å². The lowest BCUT2D eigenvalue weighted by Gasteiger charge is -2.09. The van der Waals surface area contributed by atoms with Crippen molar-refractivity contribution in [3.8, 4) is 5.75 Å². The summed E-state index contributed by atoms with van der Waals surface area (Å²) in [6.45, 7) is -0.449. The van der Waals surface area contributed by atoms with Gasteiger partial charge in [0.2, 0.25) is 0 Å². The highest BCUT2D eigenvalue weighted by Crippen LogP contribution is 2.32. The minimum Gasteiger partial charge on any atom is -0.484 e. The highest BCUT2D eigenvalue weighted by molar-refractivity contribution is 6.32. The smallest absolute Gasteiger partial charge is 0.416 e. The zero-order valence-corrected chi connectivity index (χ0v) is 14.8. The van der Waals surface area contributed by atoms with Crippen molar-refractivity contribution in [2.45, 2.75) is 6.18 Å². The third-order valence-electron chi connectivity index (χ3n) is 3.25. The van der Waals surface area contributed by atoms with Crippen LogP contribution in [0.2, 0.25) is 5.02 Å². The summed E-state index contributed by atoms with van der Waals surface area (Å²) in [6.07, 6.45) is -2.56. The SMILES string of the molecule is O=C(/C=C/c1cc(C(F)(F)F)ccc1Cl)NNC(=O)COc1ccc(F)cc1. The first-order valence-electron chi connectivity index (χ1n) is 7.67. The van der Waals surface area contributed by atoms with E-state index in [9.17, 15) is 27.2 Å². The molecule has 0 saturated heterocycles. The molecule has 2 aromatic carbocycles. The molecule has 2 rings (SSSR count). The number of nitrogens with one attached hydrogen (secondary N) is 2. The summed E-state index contributed by atoms with van der Waals surface area (Å²) in [7, 11) is 0. The molecule has 0 atom stereocenters. The molecule has 2 aromatic rings. The van der Waals surface area contributed by atoms with Crippen LogP contribution in [0.15, 0.2) is 48.5 Å². The van der Waals surface area contributed by atoms with E-state index < -0.39 is 36.0 Å². The van der Waals surface area contributed by atoms with Gasteiger partial charge in [-0.05, 0) is 54.1 Å². The molecule has 2 amide bonds. The molecular formula is C18H13ClF4N2O3. The summed E-state index contributed by atoms with van der Waals surface area (Å²) in [5.74, 6) is -1.72. The summed E-state index contributed by atoms with van der Waals surface area (Å²) < 4.78 is 55.9. The summed E-state index contributed by atoms with van der Waals surface area (Å²) in [4.78, 5) is 23.2. The molecule has 0 radical (unpaired) electrons. The topological polar surface area (TPSA) is 67.4 Å². The van der Waals surface area contributed by atoms with Gasteiger partial charge in [-0.15, -0.1) is 0 Å². The Kier molecular flexibility index (Phi) is 7.00. The van der Waals surface area contributed by atoms with Gasteiger partial charge >= 0.3 is 6.18 Å². The first-order valence-corrected chi connectivity index (χ1v) is 8.05. The van der Waals surface area contributed by atoms with Gasteiger partial charge in [0.05, 0.1) is 5.56 Å². The van der Waals surface area contributed by atoms with Gasteiger partial charge in [0.15, 0.2) is 6.61 Å². The van der Waals surface area contributed by atoms with Crippen molar-refractivity contribution in [3.05, 3.63) is 70.5 Å². The van der Waals surface area contributed by atoms with Crippen molar-refractivity contribution in [2.24, 2.45) is 0 Å². The molecule has 0 fully saturated rings. The van der Waals surface area contributed by atoms with Crippen LogP contribution < -0.4 is 15.6 Å². The first kappa shape index (κ1) is 21.2. The maximum Gasteiger partial charge on any atom is 0.416 e. The van der Waals surface area contributed by atoms with Crippen LogP contribution in [0, 0.1) is 5.82 Å². The van der Waals surface area contributed by atoms with Gasteiger partial charge in [0.25, 0.3) is 11.8 Å². The summed E-state index contributed by atoms with van der Waals surface area (Å²) >= 11 is 5.81. The maximum absolute atomic E-state index is 12.7. The molecule has 0 unspecified atom stereocenters. The lowest BCUT2D eigenvalue weighted by atomic mass is 10.1. The number of benzene rings is 2. The fraction of sp³-hybridized carbons (Fsp3) is 0.111. The minimum absolute atomic E-state index is 0.0161. The number of alkyl halides is 3. The number of hydrazine groups is 1. The van der Waals surface area contributed by atoms with Crippen LogP contribution in [0.3, 0.4) is 0 Å². The van der Waals surface area contributed by atoms with Crippen LogP contribution in [0.5, 0.6) is 5.75 Å². The number of halogens is 5. The number of amides is 2. The molecule has 0 aromatic heterocycles. The quantitative estimate of drug-likeness (QED) is 0.443. The van der Waals surface area contributed by atoms with Crippen LogP contribution in [-0.4, -0.2) is 18.4 Å². The number of carbonyl (C=O) groups excluding carboxylic acids is 2. The molecular weight excluding hydrogens is 404 g/mol. The molecule has 5 nitrogen and oxygen atoms in total. The number of hydrogen-bond donors (Lipinski definition) is 2. The Labute approximate surface area is 161 Å². The normalized spacial score (nSPS) is 11.3. The van der Waals surface area contributed by atoms with Crippen LogP contribution in [0.25, 0.3) is 6.08 Å². The van der Waals surface area contributed by atoms with Gasteiger partial charge in [0.1, 0.15) is 11.6 Å². The highest BCUT2D eigenvalue weighted by Gasteiger charge is 2.30. The van der Waals surface area contributed by atoms with Gasteiger partial charge in [0, 0.05) is 11.1 Å². The minimum atomic E-state index is -4.55. The molecule has 2 N–H and O–H groups in total. The molecule has 0 saturated carbocycles. The number of ether oxygens (including phenoxy) is 1.